The van der Waals surface area contributed by atoms with Crippen LogP contribution in [-0.4, -0.2) is 12.0 Å². The molecule has 0 radical (unpaired) electrons. The van der Waals surface area contributed by atoms with Gasteiger partial charge in [-0.15, -0.1) is 0 Å². The van der Waals surface area contributed by atoms with E-state index >= 15 is 0 Å². The summed E-state index contributed by atoms with van der Waals surface area (Å²) in [5, 5.41) is 0. The van der Waals surface area contributed by atoms with Crippen LogP contribution in [0.4, 0.5) is 5.69 Å². The molecule has 0 aliphatic carbocycles. The lowest BCUT2D eigenvalue weighted by Crippen LogP contribution is -2.19. The van der Waals surface area contributed by atoms with Crippen molar-refractivity contribution in [2.45, 2.75) is 13.1 Å². The van der Waals surface area contributed by atoms with Crippen LogP contribution in [0.15, 0.2) is 48.8 Å². The van der Waals surface area contributed by atoms with E-state index in [4.69, 9.17) is 5.73 Å². The Morgan fingerprint density at radius 2 is 1.94 bits per heavy atom. The average Bonchev–Trinajstić information content (AvgIpc) is 2.40. The van der Waals surface area contributed by atoms with Gasteiger partial charge in [-0.05, 0) is 11.6 Å². The first-order chi connectivity index (χ1) is 8.31. The first-order valence-corrected chi connectivity index (χ1v) is 5.69. The van der Waals surface area contributed by atoms with Crippen molar-refractivity contribution in [2.75, 3.05) is 11.9 Å². The van der Waals surface area contributed by atoms with Crippen molar-refractivity contribution in [3.05, 3.63) is 59.9 Å². The summed E-state index contributed by atoms with van der Waals surface area (Å²) < 4.78 is 0. The molecule has 0 atom stereocenters. The smallest absolute Gasteiger partial charge is 0.0443 e. The van der Waals surface area contributed by atoms with E-state index in [1.807, 2.05) is 18.3 Å². The fourth-order valence-electron chi connectivity index (χ4n) is 1.89. The number of nitrogens with zero attached hydrogens (tertiary/aromatic N) is 2. The van der Waals surface area contributed by atoms with Crippen LogP contribution in [0.2, 0.25) is 0 Å². The van der Waals surface area contributed by atoms with E-state index in [1.165, 1.54) is 5.56 Å². The molecule has 88 valence electrons. The van der Waals surface area contributed by atoms with Crippen LogP contribution >= 0.6 is 0 Å². The molecule has 2 rings (SSSR count). The summed E-state index contributed by atoms with van der Waals surface area (Å²) in [7, 11) is 2.07. The van der Waals surface area contributed by atoms with Crippen LogP contribution in [0.1, 0.15) is 11.1 Å². The SMILES string of the molecule is CN(Cc1ccccc1)c1ccncc1CN. The summed E-state index contributed by atoms with van der Waals surface area (Å²) >= 11 is 0. The summed E-state index contributed by atoms with van der Waals surface area (Å²) in [6.07, 6.45) is 3.63. The molecule has 0 aliphatic rings. The first-order valence-electron chi connectivity index (χ1n) is 5.69. The number of aromatic nitrogens is 1. The molecule has 1 aromatic carbocycles. The normalized spacial score (nSPS) is 10.2. The second kappa shape index (κ2) is 5.46. The van der Waals surface area contributed by atoms with Gasteiger partial charge >= 0.3 is 0 Å². The molecule has 17 heavy (non-hydrogen) atoms. The zero-order valence-corrected chi connectivity index (χ0v) is 10.0. The Balaban J connectivity index is 2.17. The number of rotatable bonds is 4. The van der Waals surface area contributed by atoms with Gasteiger partial charge in [0.05, 0.1) is 0 Å². The van der Waals surface area contributed by atoms with E-state index in [1.54, 1.807) is 6.20 Å². The van der Waals surface area contributed by atoms with E-state index in [0.717, 1.165) is 17.8 Å². The van der Waals surface area contributed by atoms with E-state index in [-0.39, 0.29) is 0 Å². The number of benzene rings is 1. The Kier molecular flexibility index (Phi) is 3.73. The lowest BCUT2D eigenvalue weighted by molar-refractivity contribution is 0.898. The largest absolute Gasteiger partial charge is 0.370 e. The van der Waals surface area contributed by atoms with Gasteiger partial charge in [0.15, 0.2) is 0 Å². The van der Waals surface area contributed by atoms with Crippen molar-refractivity contribution in [3.8, 4) is 0 Å². The van der Waals surface area contributed by atoms with Gasteiger partial charge in [0.25, 0.3) is 0 Å². The predicted molar refractivity (Wildman–Crippen MR) is 70.7 cm³/mol. The summed E-state index contributed by atoms with van der Waals surface area (Å²) in [6.45, 7) is 1.39. The van der Waals surface area contributed by atoms with Crippen LogP contribution in [0.3, 0.4) is 0 Å². The molecule has 0 saturated carbocycles. The Morgan fingerprint density at radius 1 is 1.18 bits per heavy atom. The molecule has 0 bridgehead atoms. The highest BCUT2D eigenvalue weighted by Gasteiger charge is 2.06. The first kappa shape index (κ1) is 11.6. The maximum atomic E-state index is 5.72. The van der Waals surface area contributed by atoms with Crippen molar-refractivity contribution >= 4 is 5.69 Å². The Bertz CT molecular complexity index is 468. The van der Waals surface area contributed by atoms with Gasteiger partial charge in [0, 0.05) is 43.8 Å². The molecule has 2 N–H and O–H groups in total. The van der Waals surface area contributed by atoms with Crippen molar-refractivity contribution in [1.29, 1.82) is 0 Å². The second-order valence-electron chi connectivity index (χ2n) is 4.05. The third-order valence-corrected chi connectivity index (χ3v) is 2.77. The molecule has 0 amide bonds. The minimum atomic E-state index is 0.516. The second-order valence-corrected chi connectivity index (χ2v) is 4.05. The van der Waals surface area contributed by atoms with E-state index in [0.29, 0.717) is 6.54 Å². The molecule has 2 aromatic rings. The summed E-state index contributed by atoms with van der Waals surface area (Å²) in [5.74, 6) is 0. The third kappa shape index (κ3) is 2.82. The topological polar surface area (TPSA) is 42.2 Å². The summed E-state index contributed by atoms with van der Waals surface area (Å²) in [6, 6.07) is 12.4. The highest BCUT2D eigenvalue weighted by Crippen LogP contribution is 2.19. The number of pyridine rings is 1. The average molecular weight is 227 g/mol. The van der Waals surface area contributed by atoms with Crippen LogP contribution < -0.4 is 10.6 Å². The minimum Gasteiger partial charge on any atom is -0.370 e. The van der Waals surface area contributed by atoms with Crippen molar-refractivity contribution in [1.82, 2.24) is 4.98 Å². The van der Waals surface area contributed by atoms with Gasteiger partial charge < -0.3 is 10.6 Å². The number of nitrogens with two attached hydrogens (primary N) is 1. The van der Waals surface area contributed by atoms with Gasteiger partial charge in [-0.25, -0.2) is 0 Å². The quantitative estimate of drug-likeness (QED) is 0.870. The van der Waals surface area contributed by atoms with Crippen LogP contribution in [0, 0.1) is 0 Å². The molecular formula is C14H17N3. The molecule has 0 fully saturated rings. The molecule has 0 spiro atoms. The highest BCUT2D eigenvalue weighted by molar-refractivity contribution is 5.51. The highest BCUT2D eigenvalue weighted by atomic mass is 15.1. The van der Waals surface area contributed by atoms with E-state index in [2.05, 4.69) is 41.2 Å². The molecule has 0 aliphatic heterocycles. The zero-order valence-electron chi connectivity index (χ0n) is 10.0. The predicted octanol–water partition coefficient (Wildman–Crippen LogP) is 2.18. The van der Waals surface area contributed by atoms with Gasteiger partial charge in [-0.2, -0.15) is 0 Å². The molecule has 3 nitrogen and oxygen atoms in total. The van der Waals surface area contributed by atoms with Gasteiger partial charge in [0.2, 0.25) is 0 Å². The van der Waals surface area contributed by atoms with E-state index < -0.39 is 0 Å². The standard InChI is InChI=1S/C14H17N3/c1-17(11-12-5-3-2-4-6-12)14-7-8-16-10-13(14)9-15/h2-8,10H,9,11,15H2,1H3. The maximum absolute atomic E-state index is 5.72. The lowest BCUT2D eigenvalue weighted by atomic mass is 10.2. The minimum absolute atomic E-state index is 0.516. The van der Waals surface area contributed by atoms with Crippen molar-refractivity contribution < 1.29 is 0 Å². The van der Waals surface area contributed by atoms with Crippen LogP contribution in [0.25, 0.3) is 0 Å². The van der Waals surface area contributed by atoms with Crippen LogP contribution in [-0.2, 0) is 13.1 Å². The molecule has 1 aromatic heterocycles. The van der Waals surface area contributed by atoms with Gasteiger partial charge in [-0.3, -0.25) is 4.98 Å². The monoisotopic (exact) mass is 227 g/mol. The molecule has 1 heterocycles. The fraction of sp³-hybridized carbons (Fsp3) is 0.214. The summed E-state index contributed by atoms with van der Waals surface area (Å²) in [5.41, 5.74) is 9.22. The molecule has 0 unspecified atom stereocenters. The van der Waals surface area contributed by atoms with Crippen molar-refractivity contribution in [3.63, 3.8) is 0 Å². The fourth-order valence-corrected chi connectivity index (χ4v) is 1.89. The lowest BCUT2D eigenvalue weighted by Gasteiger charge is -2.21. The zero-order chi connectivity index (χ0) is 12.1. The number of anilines is 1. The van der Waals surface area contributed by atoms with Gasteiger partial charge in [-0.1, -0.05) is 30.3 Å². The van der Waals surface area contributed by atoms with Crippen LogP contribution in [0.5, 0.6) is 0 Å². The molecule has 0 saturated heterocycles. The number of hydrogen-bond acceptors (Lipinski definition) is 3. The van der Waals surface area contributed by atoms with Gasteiger partial charge in [0.1, 0.15) is 0 Å². The third-order valence-electron chi connectivity index (χ3n) is 2.77. The Morgan fingerprint density at radius 3 is 2.65 bits per heavy atom. The van der Waals surface area contributed by atoms with E-state index in [9.17, 15) is 0 Å². The maximum Gasteiger partial charge on any atom is 0.0443 e. The Hall–Kier alpha value is -1.87. The van der Waals surface area contributed by atoms with Crippen molar-refractivity contribution in [2.24, 2.45) is 5.73 Å². The molecular weight excluding hydrogens is 210 g/mol. The summed E-state index contributed by atoms with van der Waals surface area (Å²) in [4.78, 5) is 6.29. The number of hydrogen-bond donors (Lipinski definition) is 1. The Labute approximate surface area is 102 Å². The molecule has 3 heteroatoms.